The third kappa shape index (κ3) is 4.98. The van der Waals surface area contributed by atoms with Crippen molar-refractivity contribution in [3.63, 3.8) is 0 Å². The summed E-state index contributed by atoms with van der Waals surface area (Å²) in [4.78, 5) is 23.4. The minimum absolute atomic E-state index is 0.113. The number of amides is 1. The van der Waals surface area contributed by atoms with Gasteiger partial charge in [-0.15, -0.1) is 11.3 Å². The van der Waals surface area contributed by atoms with Crippen molar-refractivity contribution < 1.29 is 9.18 Å². The lowest BCUT2D eigenvalue weighted by Gasteiger charge is -2.35. The van der Waals surface area contributed by atoms with E-state index in [9.17, 15) is 9.18 Å². The van der Waals surface area contributed by atoms with Crippen molar-refractivity contribution in [1.82, 2.24) is 19.7 Å². The van der Waals surface area contributed by atoms with Crippen LogP contribution >= 0.6 is 22.9 Å². The smallest absolute Gasteiger partial charge is 0.236 e. The number of rotatable bonds is 6. The fourth-order valence-electron chi connectivity index (χ4n) is 3.67. The number of hydrogen-bond acceptors (Lipinski definition) is 5. The minimum atomic E-state index is -0.280. The van der Waals surface area contributed by atoms with Gasteiger partial charge in [0, 0.05) is 43.3 Å². The number of aromatic nitrogens is 1. The highest BCUT2D eigenvalue weighted by molar-refractivity contribution is 7.18. The van der Waals surface area contributed by atoms with Crippen LogP contribution in [0.1, 0.15) is 10.6 Å². The molecule has 1 amide bonds. The van der Waals surface area contributed by atoms with Gasteiger partial charge < -0.3 is 4.90 Å². The van der Waals surface area contributed by atoms with Crippen LogP contribution in [0.25, 0.3) is 10.2 Å². The normalized spacial score (nSPS) is 15.3. The molecular weight excluding hydrogens is 423 g/mol. The first-order valence-corrected chi connectivity index (χ1v) is 11.1. The highest BCUT2D eigenvalue weighted by Gasteiger charge is 2.23. The first-order valence-electron chi connectivity index (χ1n) is 9.95. The van der Waals surface area contributed by atoms with Gasteiger partial charge in [0.2, 0.25) is 5.91 Å². The predicted molar refractivity (Wildman–Crippen MR) is 119 cm³/mol. The molecule has 0 aliphatic carbocycles. The van der Waals surface area contributed by atoms with Gasteiger partial charge in [-0.25, -0.2) is 9.37 Å². The first kappa shape index (κ1) is 21.2. The van der Waals surface area contributed by atoms with Crippen LogP contribution in [0.2, 0.25) is 5.02 Å². The third-order valence-corrected chi connectivity index (χ3v) is 6.69. The maximum Gasteiger partial charge on any atom is 0.236 e. The van der Waals surface area contributed by atoms with Crippen LogP contribution in [0.3, 0.4) is 0 Å². The molecule has 0 N–H and O–H groups in total. The standard InChI is InChI=1S/C22H24ClFN4OS/c1-26(14-21-25-19-7-2-3-8-20(19)30-21)15-22(29)28-11-9-27(10-12-28)13-16-17(23)5-4-6-18(16)24/h2-8H,9-15H2,1H3. The molecule has 0 atom stereocenters. The van der Waals surface area contributed by atoms with Gasteiger partial charge in [0.15, 0.2) is 0 Å². The second-order valence-electron chi connectivity index (χ2n) is 7.60. The predicted octanol–water partition coefficient (Wildman–Crippen LogP) is 3.87. The van der Waals surface area contributed by atoms with E-state index >= 15 is 0 Å². The molecule has 0 unspecified atom stereocenters. The van der Waals surface area contributed by atoms with Gasteiger partial charge in [0.05, 0.1) is 23.3 Å². The fraction of sp³-hybridized carbons (Fsp3) is 0.364. The molecule has 1 aromatic heterocycles. The van der Waals surface area contributed by atoms with Gasteiger partial charge in [0.1, 0.15) is 10.8 Å². The quantitative estimate of drug-likeness (QED) is 0.576. The van der Waals surface area contributed by atoms with Crippen molar-refractivity contribution in [2.75, 3.05) is 39.8 Å². The molecule has 0 saturated carbocycles. The van der Waals surface area contributed by atoms with Gasteiger partial charge in [0.25, 0.3) is 0 Å². The Morgan fingerprint density at radius 1 is 1.17 bits per heavy atom. The third-order valence-electron chi connectivity index (χ3n) is 5.32. The van der Waals surface area contributed by atoms with E-state index in [1.54, 1.807) is 23.5 Å². The number of carbonyl (C=O) groups excluding carboxylic acids is 1. The summed E-state index contributed by atoms with van der Waals surface area (Å²) in [7, 11) is 1.94. The summed E-state index contributed by atoms with van der Waals surface area (Å²) in [5.41, 5.74) is 1.53. The number of nitrogens with zero attached hydrogens (tertiary/aromatic N) is 4. The number of fused-ring (bicyclic) bond motifs is 1. The molecule has 8 heteroatoms. The Morgan fingerprint density at radius 2 is 1.93 bits per heavy atom. The SMILES string of the molecule is CN(CC(=O)N1CCN(Cc2c(F)cccc2Cl)CC1)Cc1nc2ccccc2s1. The molecule has 1 fully saturated rings. The molecule has 1 aliphatic heterocycles. The zero-order valence-electron chi connectivity index (χ0n) is 16.9. The highest BCUT2D eigenvalue weighted by atomic mass is 35.5. The van der Waals surface area contributed by atoms with Crippen LogP contribution in [0, 0.1) is 5.82 Å². The number of piperazine rings is 1. The van der Waals surface area contributed by atoms with Crippen molar-refractivity contribution in [3.8, 4) is 0 Å². The van der Waals surface area contributed by atoms with Gasteiger partial charge in [-0.1, -0.05) is 29.8 Å². The average molecular weight is 447 g/mol. The summed E-state index contributed by atoms with van der Waals surface area (Å²) in [6, 6.07) is 12.8. The molecule has 3 aromatic rings. The molecule has 4 rings (SSSR count). The Hall–Kier alpha value is -2.06. The van der Waals surface area contributed by atoms with E-state index in [-0.39, 0.29) is 11.7 Å². The molecular formula is C22H24ClFN4OS. The van der Waals surface area contributed by atoms with Crippen molar-refractivity contribution in [1.29, 1.82) is 0 Å². The average Bonchev–Trinajstić information content (AvgIpc) is 3.13. The summed E-state index contributed by atoms with van der Waals surface area (Å²) in [6.07, 6.45) is 0. The second kappa shape index (κ2) is 9.39. The maximum absolute atomic E-state index is 14.0. The van der Waals surface area contributed by atoms with Crippen LogP contribution in [-0.4, -0.2) is 65.4 Å². The Morgan fingerprint density at radius 3 is 2.67 bits per heavy atom. The Bertz CT molecular complexity index is 982. The minimum Gasteiger partial charge on any atom is -0.339 e. The summed E-state index contributed by atoms with van der Waals surface area (Å²) in [6.45, 7) is 4.16. The number of likely N-dealkylation sites (N-methyl/N-ethyl adjacent to an activating group) is 1. The molecule has 5 nitrogen and oxygen atoms in total. The number of thiazole rings is 1. The summed E-state index contributed by atoms with van der Waals surface area (Å²) < 4.78 is 15.2. The molecule has 1 saturated heterocycles. The number of carbonyl (C=O) groups is 1. The fourth-order valence-corrected chi connectivity index (χ4v) is 4.94. The lowest BCUT2D eigenvalue weighted by molar-refractivity contribution is -0.134. The summed E-state index contributed by atoms with van der Waals surface area (Å²) in [5, 5.41) is 1.46. The number of para-hydroxylation sites is 1. The Kier molecular flexibility index (Phi) is 6.63. The first-order chi connectivity index (χ1) is 14.5. The van der Waals surface area contributed by atoms with E-state index in [4.69, 9.17) is 11.6 Å². The van der Waals surface area contributed by atoms with E-state index < -0.39 is 0 Å². The van der Waals surface area contributed by atoms with E-state index in [0.29, 0.717) is 56.4 Å². The van der Waals surface area contributed by atoms with Gasteiger partial charge >= 0.3 is 0 Å². The molecule has 0 spiro atoms. The zero-order chi connectivity index (χ0) is 21.1. The van der Waals surface area contributed by atoms with Crippen molar-refractivity contribution in [3.05, 3.63) is 63.9 Å². The van der Waals surface area contributed by atoms with Gasteiger partial charge in [-0.3, -0.25) is 14.6 Å². The van der Waals surface area contributed by atoms with Crippen molar-refractivity contribution in [2.24, 2.45) is 0 Å². The van der Waals surface area contributed by atoms with E-state index in [2.05, 4.69) is 16.0 Å². The largest absolute Gasteiger partial charge is 0.339 e. The molecule has 1 aliphatic rings. The van der Waals surface area contributed by atoms with Crippen LogP contribution in [0.15, 0.2) is 42.5 Å². The molecule has 2 heterocycles. The summed E-state index contributed by atoms with van der Waals surface area (Å²) >= 11 is 7.80. The second-order valence-corrected chi connectivity index (χ2v) is 9.13. The molecule has 158 valence electrons. The number of benzene rings is 2. The lowest BCUT2D eigenvalue weighted by Crippen LogP contribution is -2.50. The molecule has 2 aromatic carbocycles. The van der Waals surface area contributed by atoms with Crippen molar-refractivity contribution in [2.45, 2.75) is 13.1 Å². The Balaban J connectivity index is 1.26. The summed E-state index contributed by atoms with van der Waals surface area (Å²) in [5.74, 6) is -0.167. The van der Waals surface area contributed by atoms with Crippen LogP contribution < -0.4 is 0 Å². The van der Waals surface area contributed by atoms with Gasteiger partial charge in [-0.05, 0) is 31.3 Å². The van der Waals surface area contributed by atoms with Crippen LogP contribution in [0.5, 0.6) is 0 Å². The van der Waals surface area contributed by atoms with Crippen molar-refractivity contribution >= 4 is 39.1 Å². The van der Waals surface area contributed by atoms with Crippen LogP contribution in [-0.2, 0) is 17.9 Å². The number of halogens is 2. The monoisotopic (exact) mass is 446 g/mol. The highest BCUT2D eigenvalue weighted by Crippen LogP contribution is 2.23. The lowest BCUT2D eigenvalue weighted by atomic mass is 10.2. The van der Waals surface area contributed by atoms with E-state index in [0.717, 1.165) is 10.5 Å². The van der Waals surface area contributed by atoms with E-state index in [1.165, 1.54) is 10.8 Å². The maximum atomic E-state index is 14.0. The molecule has 0 radical (unpaired) electrons. The number of hydrogen-bond donors (Lipinski definition) is 0. The Labute approximate surface area is 184 Å². The van der Waals surface area contributed by atoms with Gasteiger partial charge in [-0.2, -0.15) is 0 Å². The zero-order valence-corrected chi connectivity index (χ0v) is 18.4. The topological polar surface area (TPSA) is 39.7 Å². The molecule has 30 heavy (non-hydrogen) atoms. The van der Waals surface area contributed by atoms with E-state index in [1.807, 2.05) is 35.0 Å². The molecule has 0 bridgehead atoms. The van der Waals surface area contributed by atoms with Crippen LogP contribution in [0.4, 0.5) is 4.39 Å².